The van der Waals surface area contributed by atoms with Gasteiger partial charge in [0.2, 0.25) is 0 Å². The fraction of sp³-hybridized carbons (Fsp3) is 0.579. The van der Waals surface area contributed by atoms with E-state index in [0.717, 1.165) is 0 Å². The summed E-state index contributed by atoms with van der Waals surface area (Å²) in [5.41, 5.74) is 0.142. The molecule has 0 atom stereocenters. The summed E-state index contributed by atoms with van der Waals surface area (Å²) in [7, 11) is -2.21. The summed E-state index contributed by atoms with van der Waals surface area (Å²) in [6.45, 7) is 15.5. The van der Waals surface area contributed by atoms with Crippen LogP contribution in [0.15, 0.2) is 6.07 Å². The summed E-state index contributed by atoms with van der Waals surface area (Å²) in [5.74, 6) is -0.278. The van der Waals surface area contributed by atoms with E-state index in [1.807, 2.05) is 47.3 Å². The monoisotopic (exact) mass is 414 g/mol. The van der Waals surface area contributed by atoms with Crippen LogP contribution in [0, 0.1) is 0 Å². The molecule has 0 heterocycles. The summed E-state index contributed by atoms with van der Waals surface area (Å²) >= 11 is 6.43. The maximum absolute atomic E-state index is 12.8. The Morgan fingerprint density at radius 2 is 1.52 bits per heavy atom. The molecule has 1 aromatic carbocycles. The number of halogens is 1. The maximum Gasteiger partial charge on any atom is 0.415 e. The van der Waals surface area contributed by atoms with Crippen molar-refractivity contribution >= 4 is 36.9 Å². The third-order valence-corrected chi connectivity index (χ3v) is 6.69. The van der Waals surface area contributed by atoms with Gasteiger partial charge in [-0.1, -0.05) is 31.2 Å². The van der Waals surface area contributed by atoms with Crippen molar-refractivity contribution in [1.82, 2.24) is 9.80 Å². The van der Waals surface area contributed by atoms with E-state index in [-0.39, 0.29) is 28.0 Å². The quantitative estimate of drug-likeness (QED) is 0.686. The Kier molecular flexibility index (Phi) is 8.17. The fourth-order valence-corrected chi connectivity index (χ4v) is 4.93. The molecule has 27 heavy (non-hydrogen) atoms. The SMILES string of the molecule is CCN(CC)C(=O)Oc1c(Cl)cc(C(=O)N(CC)CC)c(O)c1[Si](C)(C)C. The van der Waals surface area contributed by atoms with Crippen LogP contribution in [0.25, 0.3) is 0 Å². The van der Waals surface area contributed by atoms with Gasteiger partial charge in [-0.25, -0.2) is 4.79 Å². The highest BCUT2D eigenvalue weighted by Crippen LogP contribution is 2.34. The molecule has 0 saturated heterocycles. The Hall–Kier alpha value is -1.73. The van der Waals surface area contributed by atoms with E-state index in [9.17, 15) is 14.7 Å². The van der Waals surface area contributed by atoms with Crippen LogP contribution < -0.4 is 9.92 Å². The Morgan fingerprint density at radius 3 is 1.93 bits per heavy atom. The molecule has 0 radical (unpaired) electrons. The van der Waals surface area contributed by atoms with Crippen LogP contribution in [0.2, 0.25) is 24.7 Å². The minimum atomic E-state index is -2.21. The van der Waals surface area contributed by atoms with Crippen LogP contribution in [0.3, 0.4) is 0 Å². The van der Waals surface area contributed by atoms with Gasteiger partial charge >= 0.3 is 6.09 Å². The zero-order valence-electron chi connectivity index (χ0n) is 17.4. The molecule has 0 unspecified atom stereocenters. The number of hydrogen-bond donors (Lipinski definition) is 1. The van der Waals surface area contributed by atoms with Crippen molar-refractivity contribution in [2.24, 2.45) is 0 Å². The lowest BCUT2D eigenvalue weighted by molar-refractivity contribution is 0.0770. The normalized spacial score (nSPS) is 11.3. The summed E-state index contributed by atoms with van der Waals surface area (Å²) < 4.78 is 5.58. The molecular weight excluding hydrogens is 384 g/mol. The van der Waals surface area contributed by atoms with Gasteiger partial charge in [-0.3, -0.25) is 4.79 Å². The molecule has 1 N–H and O–H groups in total. The number of carbonyl (C=O) groups is 2. The molecule has 0 saturated carbocycles. The van der Waals surface area contributed by atoms with Crippen LogP contribution in [0.4, 0.5) is 4.79 Å². The largest absolute Gasteiger partial charge is 0.507 e. The van der Waals surface area contributed by atoms with E-state index in [2.05, 4.69) is 0 Å². The summed E-state index contributed by atoms with van der Waals surface area (Å²) in [5, 5.41) is 11.6. The molecule has 1 aromatic rings. The standard InChI is InChI=1S/C19H31ClN2O4Si/c1-8-21(9-2)18(24)13-12-14(20)16(17(15(13)23)27(5,6)7)26-19(25)22(10-3)11-4/h12,23H,8-11H2,1-7H3. The van der Waals surface area contributed by atoms with Crippen molar-refractivity contribution in [3.63, 3.8) is 0 Å². The number of rotatable bonds is 7. The second kappa shape index (κ2) is 9.46. The Balaban J connectivity index is 3.57. The average molecular weight is 415 g/mol. The van der Waals surface area contributed by atoms with Gasteiger partial charge in [0.25, 0.3) is 5.91 Å². The first-order valence-corrected chi connectivity index (χ1v) is 13.2. The van der Waals surface area contributed by atoms with Crippen LogP contribution >= 0.6 is 11.6 Å². The molecule has 0 aliphatic heterocycles. The van der Waals surface area contributed by atoms with E-state index in [0.29, 0.717) is 31.4 Å². The highest BCUT2D eigenvalue weighted by atomic mass is 35.5. The number of phenolic OH excluding ortho intramolecular Hbond substituents is 1. The Morgan fingerprint density at radius 1 is 1.04 bits per heavy atom. The predicted octanol–water partition coefficient (Wildman–Crippen LogP) is 3.91. The number of nitrogens with zero attached hydrogens (tertiary/aromatic N) is 2. The molecule has 8 heteroatoms. The molecule has 6 nitrogen and oxygen atoms in total. The third kappa shape index (κ3) is 5.16. The van der Waals surface area contributed by atoms with Crippen molar-refractivity contribution in [3.8, 4) is 11.5 Å². The van der Waals surface area contributed by atoms with Crippen LogP contribution in [-0.2, 0) is 0 Å². The lowest BCUT2D eigenvalue weighted by atomic mass is 10.1. The lowest BCUT2D eigenvalue weighted by Gasteiger charge is -2.27. The molecule has 2 amide bonds. The molecule has 152 valence electrons. The second-order valence-electron chi connectivity index (χ2n) is 7.23. The molecule has 0 fully saturated rings. The number of benzene rings is 1. The van der Waals surface area contributed by atoms with Gasteiger partial charge in [0.1, 0.15) is 5.75 Å². The summed E-state index contributed by atoms with van der Waals surface area (Å²) in [4.78, 5) is 28.4. The minimum absolute atomic E-state index is 0.141. The summed E-state index contributed by atoms with van der Waals surface area (Å²) in [6, 6.07) is 1.39. The number of ether oxygens (including phenoxy) is 1. The van der Waals surface area contributed by atoms with Crippen molar-refractivity contribution < 1.29 is 19.4 Å². The first kappa shape index (κ1) is 23.3. The molecule has 0 spiro atoms. The molecule has 0 aliphatic carbocycles. The number of amides is 2. The van der Waals surface area contributed by atoms with Crippen molar-refractivity contribution in [2.75, 3.05) is 26.2 Å². The van der Waals surface area contributed by atoms with Gasteiger partial charge < -0.3 is 19.6 Å². The first-order valence-electron chi connectivity index (χ1n) is 9.35. The van der Waals surface area contributed by atoms with Crippen LogP contribution in [-0.4, -0.2) is 61.2 Å². The zero-order valence-corrected chi connectivity index (χ0v) is 19.1. The maximum atomic E-state index is 12.8. The predicted molar refractivity (Wildman–Crippen MR) is 112 cm³/mol. The van der Waals surface area contributed by atoms with Crippen molar-refractivity contribution in [3.05, 3.63) is 16.7 Å². The number of phenols is 1. The fourth-order valence-electron chi connectivity index (χ4n) is 2.90. The zero-order chi connectivity index (χ0) is 20.9. The van der Waals surface area contributed by atoms with Gasteiger partial charge in [0, 0.05) is 31.4 Å². The lowest BCUT2D eigenvalue weighted by Crippen LogP contribution is -2.42. The highest BCUT2D eigenvalue weighted by molar-refractivity contribution is 6.90. The molecule has 0 aliphatic rings. The number of aromatic hydroxyl groups is 1. The van der Waals surface area contributed by atoms with E-state index in [1.54, 1.807) is 4.90 Å². The van der Waals surface area contributed by atoms with Gasteiger partial charge in [0.15, 0.2) is 5.75 Å². The van der Waals surface area contributed by atoms with Gasteiger partial charge in [0.05, 0.1) is 18.7 Å². The smallest absolute Gasteiger partial charge is 0.415 e. The molecule has 0 aromatic heterocycles. The molecule has 0 bridgehead atoms. The van der Waals surface area contributed by atoms with Crippen LogP contribution in [0.1, 0.15) is 38.1 Å². The van der Waals surface area contributed by atoms with Gasteiger partial charge in [-0.15, -0.1) is 0 Å². The molecular formula is C19H31ClN2O4Si. The number of hydrogen-bond acceptors (Lipinski definition) is 4. The van der Waals surface area contributed by atoms with Crippen LogP contribution in [0.5, 0.6) is 11.5 Å². The first-order chi connectivity index (χ1) is 12.5. The molecule has 1 rings (SSSR count). The average Bonchev–Trinajstić information content (AvgIpc) is 2.58. The van der Waals surface area contributed by atoms with E-state index in [1.165, 1.54) is 11.0 Å². The second-order valence-corrected chi connectivity index (χ2v) is 12.6. The minimum Gasteiger partial charge on any atom is -0.507 e. The Bertz CT molecular complexity index is 696. The third-order valence-electron chi connectivity index (χ3n) is 4.45. The topological polar surface area (TPSA) is 70.1 Å². The van der Waals surface area contributed by atoms with Gasteiger partial charge in [-0.05, 0) is 33.8 Å². The van der Waals surface area contributed by atoms with Gasteiger partial charge in [-0.2, -0.15) is 0 Å². The Labute approximate surface area is 168 Å². The van der Waals surface area contributed by atoms with Crippen molar-refractivity contribution in [2.45, 2.75) is 47.3 Å². The number of carbonyl (C=O) groups excluding carboxylic acids is 2. The van der Waals surface area contributed by atoms with Crippen molar-refractivity contribution in [1.29, 1.82) is 0 Å². The highest BCUT2D eigenvalue weighted by Gasteiger charge is 2.33. The van der Waals surface area contributed by atoms with E-state index in [4.69, 9.17) is 16.3 Å². The van der Waals surface area contributed by atoms with E-state index < -0.39 is 14.2 Å². The van der Waals surface area contributed by atoms with E-state index >= 15 is 0 Å². The summed E-state index contributed by atoms with van der Waals surface area (Å²) in [6.07, 6.45) is -0.524.